The smallest absolute Gasteiger partial charge is 0.322 e. The second-order valence-electron chi connectivity index (χ2n) is 3.41. The van der Waals surface area contributed by atoms with Crippen molar-refractivity contribution < 1.29 is 13.2 Å². The van der Waals surface area contributed by atoms with Crippen molar-refractivity contribution in [2.45, 2.75) is 38.5 Å². The molecule has 0 saturated carbocycles. The van der Waals surface area contributed by atoms with Gasteiger partial charge in [0.2, 0.25) is 0 Å². The summed E-state index contributed by atoms with van der Waals surface area (Å²) in [5, 5.41) is 3.93. The molecule has 2 N–H and O–H groups in total. The number of aromatic nitrogens is 2. The monoisotopic (exact) mass is 221 g/mol. The zero-order chi connectivity index (χ0) is 11.5. The molecule has 0 bridgehead atoms. The van der Waals surface area contributed by atoms with Gasteiger partial charge in [-0.25, -0.2) is 0 Å². The Morgan fingerprint density at radius 3 is 2.73 bits per heavy atom. The van der Waals surface area contributed by atoms with Gasteiger partial charge in [0.1, 0.15) is 0 Å². The molecule has 0 aliphatic carbocycles. The predicted molar refractivity (Wildman–Crippen MR) is 50.1 cm³/mol. The first-order valence-corrected chi connectivity index (χ1v) is 4.78. The number of alkyl halides is 3. The molecule has 1 unspecified atom stereocenters. The van der Waals surface area contributed by atoms with Gasteiger partial charge in [-0.05, 0) is 12.5 Å². The first-order chi connectivity index (χ1) is 6.94. The average Bonchev–Trinajstić information content (AvgIpc) is 2.49. The van der Waals surface area contributed by atoms with Crippen molar-refractivity contribution in [3.8, 4) is 0 Å². The molecular formula is C9H14F3N3. The number of hydrogen-bond acceptors (Lipinski definition) is 2. The standard InChI is InChI=1S/C9H14F3N3/c1-2-5-15-8(3-4-14-15)7(13)6-9(10,11)12/h3-4,7H,2,5-6,13H2,1H3. The van der Waals surface area contributed by atoms with E-state index < -0.39 is 18.6 Å². The Bertz CT molecular complexity index is 306. The molecule has 0 spiro atoms. The van der Waals surface area contributed by atoms with Crippen LogP contribution in [0.2, 0.25) is 0 Å². The molecule has 15 heavy (non-hydrogen) atoms. The second kappa shape index (κ2) is 4.65. The van der Waals surface area contributed by atoms with Crippen molar-refractivity contribution in [2.24, 2.45) is 5.73 Å². The Morgan fingerprint density at radius 2 is 2.20 bits per heavy atom. The summed E-state index contributed by atoms with van der Waals surface area (Å²) >= 11 is 0. The number of halogens is 3. The van der Waals surface area contributed by atoms with Crippen LogP contribution in [0.1, 0.15) is 31.5 Å². The summed E-state index contributed by atoms with van der Waals surface area (Å²) in [6, 6.07) is 0.505. The van der Waals surface area contributed by atoms with Gasteiger partial charge in [-0.15, -0.1) is 0 Å². The Hall–Kier alpha value is -1.04. The van der Waals surface area contributed by atoms with E-state index in [0.29, 0.717) is 12.2 Å². The highest BCUT2D eigenvalue weighted by Crippen LogP contribution is 2.27. The van der Waals surface area contributed by atoms with Crippen molar-refractivity contribution in [1.29, 1.82) is 0 Å². The van der Waals surface area contributed by atoms with Crippen LogP contribution in [0.15, 0.2) is 12.3 Å². The normalized spacial score (nSPS) is 14.2. The number of nitrogens with two attached hydrogens (primary N) is 1. The van der Waals surface area contributed by atoms with E-state index in [9.17, 15) is 13.2 Å². The highest BCUT2D eigenvalue weighted by atomic mass is 19.4. The van der Waals surface area contributed by atoms with Gasteiger partial charge < -0.3 is 5.73 Å². The quantitative estimate of drug-likeness (QED) is 0.847. The molecule has 0 saturated heterocycles. The fraction of sp³-hybridized carbons (Fsp3) is 0.667. The summed E-state index contributed by atoms with van der Waals surface area (Å²) in [5.74, 6) is 0. The van der Waals surface area contributed by atoms with Crippen LogP contribution < -0.4 is 5.73 Å². The van der Waals surface area contributed by atoms with Gasteiger partial charge in [-0.3, -0.25) is 4.68 Å². The lowest BCUT2D eigenvalue weighted by atomic mass is 10.1. The molecule has 0 radical (unpaired) electrons. The number of nitrogens with zero attached hydrogens (tertiary/aromatic N) is 2. The lowest BCUT2D eigenvalue weighted by Crippen LogP contribution is -2.23. The van der Waals surface area contributed by atoms with Crippen LogP contribution in [-0.4, -0.2) is 16.0 Å². The second-order valence-corrected chi connectivity index (χ2v) is 3.41. The van der Waals surface area contributed by atoms with Crippen molar-refractivity contribution in [1.82, 2.24) is 9.78 Å². The minimum absolute atomic E-state index is 0.439. The first-order valence-electron chi connectivity index (χ1n) is 4.78. The molecule has 1 atom stereocenters. The van der Waals surface area contributed by atoms with Crippen molar-refractivity contribution in [2.75, 3.05) is 0 Å². The van der Waals surface area contributed by atoms with Crippen LogP contribution in [0, 0.1) is 0 Å². The van der Waals surface area contributed by atoms with Gasteiger partial charge in [0.15, 0.2) is 0 Å². The molecule has 6 heteroatoms. The molecule has 0 aromatic carbocycles. The van der Waals surface area contributed by atoms with Crippen molar-refractivity contribution in [3.63, 3.8) is 0 Å². The molecular weight excluding hydrogens is 207 g/mol. The summed E-state index contributed by atoms with van der Waals surface area (Å²) in [4.78, 5) is 0. The number of hydrogen-bond donors (Lipinski definition) is 1. The lowest BCUT2D eigenvalue weighted by Gasteiger charge is -2.15. The Balaban J connectivity index is 2.72. The zero-order valence-electron chi connectivity index (χ0n) is 8.46. The summed E-state index contributed by atoms with van der Waals surface area (Å²) in [6.45, 7) is 2.52. The summed E-state index contributed by atoms with van der Waals surface area (Å²) in [7, 11) is 0. The lowest BCUT2D eigenvalue weighted by molar-refractivity contribution is -0.138. The van der Waals surface area contributed by atoms with Crippen molar-refractivity contribution >= 4 is 0 Å². The van der Waals surface area contributed by atoms with Crippen LogP contribution in [0.3, 0.4) is 0 Å². The molecule has 86 valence electrons. The molecule has 0 aliphatic heterocycles. The van der Waals surface area contributed by atoms with Crippen LogP contribution in [0.25, 0.3) is 0 Å². The molecule has 0 amide bonds. The van der Waals surface area contributed by atoms with Gasteiger partial charge in [0, 0.05) is 12.7 Å². The van der Waals surface area contributed by atoms with Crippen LogP contribution in [0.5, 0.6) is 0 Å². The Labute approximate surface area is 86.1 Å². The third-order valence-electron chi connectivity index (χ3n) is 2.02. The third-order valence-corrected chi connectivity index (χ3v) is 2.02. The largest absolute Gasteiger partial charge is 0.390 e. The van der Waals surface area contributed by atoms with E-state index in [0.717, 1.165) is 6.42 Å². The maximum Gasteiger partial charge on any atom is 0.390 e. The fourth-order valence-electron chi connectivity index (χ4n) is 1.41. The van der Waals surface area contributed by atoms with Crippen molar-refractivity contribution in [3.05, 3.63) is 18.0 Å². The molecule has 1 aromatic rings. The average molecular weight is 221 g/mol. The predicted octanol–water partition coefficient (Wildman–Crippen LogP) is 2.25. The van der Waals surface area contributed by atoms with Crippen LogP contribution in [0.4, 0.5) is 13.2 Å². The summed E-state index contributed by atoms with van der Waals surface area (Å²) in [6.07, 6.45) is -2.96. The van der Waals surface area contributed by atoms with Gasteiger partial charge in [0.05, 0.1) is 18.2 Å². The van der Waals surface area contributed by atoms with Gasteiger partial charge in [-0.2, -0.15) is 18.3 Å². The molecule has 1 aromatic heterocycles. The first kappa shape index (κ1) is 12.0. The molecule has 0 fully saturated rings. The van der Waals surface area contributed by atoms with Gasteiger partial charge in [-0.1, -0.05) is 6.92 Å². The molecule has 0 aliphatic rings. The SMILES string of the molecule is CCCn1nccc1C(N)CC(F)(F)F. The molecule has 3 nitrogen and oxygen atoms in total. The van der Waals surface area contributed by atoms with E-state index in [2.05, 4.69) is 5.10 Å². The van der Waals surface area contributed by atoms with E-state index in [1.165, 1.54) is 16.9 Å². The summed E-state index contributed by atoms with van der Waals surface area (Å²) in [5.41, 5.74) is 5.91. The van der Waals surface area contributed by atoms with E-state index in [-0.39, 0.29) is 0 Å². The van der Waals surface area contributed by atoms with Crippen LogP contribution in [-0.2, 0) is 6.54 Å². The van der Waals surface area contributed by atoms with Gasteiger partial charge >= 0.3 is 6.18 Å². The van der Waals surface area contributed by atoms with E-state index in [1.54, 1.807) is 0 Å². The third kappa shape index (κ3) is 3.54. The number of aryl methyl sites for hydroxylation is 1. The Morgan fingerprint density at radius 1 is 1.53 bits per heavy atom. The minimum Gasteiger partial charge on any atom is -0.322 e. The maximum atomic E-state index is 12.1. The van der Waals surface area contributed by atoms with E-state index in [1.807, 2.05) is 6.92 Å². The molecule has 1 rings (SSSR count). The minimum atomic E-state index is -4.24. The van der Waals surface area contributed by atoms with E-state index >= 15 is 0 Å². The van der Waals surface area contributed by atoms with E-state index in [4.69, 9.17) is 5.73 Å². The highest BCUT2D eigenvalue weighted by Gasteiger charge is 2.31. The Kier molecular flexibility index (Phi) is 3.73. The van der Waals surface area contributed by atoms with Crippen LogP contribution >= 0.6 is 0 Å². The summed E-state index contributed by atoms with van der Waals surface area (Å²) < 4.78 is 37.8. The number of rotatable bonds is 4. The topological polar surface area (TPSA) is 43.8 Å². The highest BCUT2D eigenvalue weighted by molar-refractivity contribution is 5.06. The maximum absolute atomic E-state index is 12.1. The van der Waals surface area contributed by atoms with Gasteiger partial charge in [0.25, 0.3) is 0 Å². The zero-order valence-corrected chi connectivity index (χ0v) is 8.46. The molecule has 1 heterocycles. The fourth-order valence-corrected chi connectivity index (χ4v) is 1.41.